The van der Waals surface area contributed by atoms with Crippen LogP contribution in [-0.4, -0.2) is 40.5 Å². The number of hydrogen-bond donors (Lipinski definition) is 2. The molecule has 0 bridgehead atoms. The topological polar surface area (TPSA) is 69.6 Å². The fourth-order valence-electron chi connectivity index (χ4n) is 2.46. The zero-order valence-corrected chi connectivity index (χ0v) is 11.0. The Morgan fingerprint density at radius 1 is 1.39 bits per heavy atom. The standard InChI is InChI=1S/C12H11BrN2O3/c13-6-1-2-9-8(3-6)12(18)15-5-7(16)4-10(15)11(17)14-9/h1-3,7,10,16H,4-5H2,(H,14,17). The van der Waals surface area contributed by atoms with Crippen LogP contribution in [0.3, 0.4) is 0 Å². The summed E-state index contributed by atoms with van der Waals surface area (Å²) in [5, 5.41) is 12.3. The van der Waals surface area contributed by atoms with Crippen molar-refractivity contribution in [2.75, 3.05) is 11.9 Å². The largest absolute Gasteiger partial charge is 0.391 e. The van der Waals surface area contributed by atoms with E-state index in [0.717, 1.165) is 4.47 Å². The number of nitrogens with zero attached hydrogens (tertiary/aromatic N) is 1. The number of amides is 2. The minimum atomic E-state index is -0.626. The second-order valence-corrected chi connectivity index (χ2v) is 5.46. The summed E-state index contributed by atoms with van der Waals surface area (Å²) in [6.07, 6.45) is -0.328. The highest BCUT2D eigenvalue weighted by Gasteiger charge is 2.42. The molecule has 2 aliphatic heterocycles. The van der Waals surface area contributed by atoms with Crippen LogP contribution in [0.5, 0.6) is 0 Å². The second-order valence-electron chi connectivity index (χ2n) is 4.54. The number of aliphatic hydroxyl groups is 1. The van der Waals surface area contributed by atoms with E-state index in [1.807, 2.05) is 0 Å². The van der Waals surface area contributed by atoms with Gasteiger partial charge in [0.25, 0.3) is 5.91 Å². The molecule has 2 aliphatic rings. The average molecular weight is 311 g/mol. The van der Waals surface area contributed by atoms with Crippen LogP contribution in [0.15, 0.2) is 22.7 Å². The molecule has 1 aromatic carbocycles. The van der Waals surface area contributed by atoms with Crippen LogP contribution in [0.1, 0.15) is 16.8 Å². The fourth-order valence-corrected chi connectivity index (χ4v) is 2.82. The summed E-state index contributed by atoms with van der Waals surface area (Å²) >= 11 is 3.31. The van der Waals surface area contributed by atoms with Crippen molar-refractivity contribution in [3.63, 3.8) is 0 Å². The lowest BCUT2D eigenvalue weighted by Gasteiger charge is -2.19. The Kier molecular flexibility index (Phi) is 2.64. The lowest BCUT2D eigenvalue weighted by molar-refractivity contribution is -0.119. The number of carbonyl (C=O) groups excluding carboxylic acids is 2. The van der Waals surface area contributed by atoms with Crippen molar-refractivity contribution in [2.24, 2.45) is 0 Å². The third-order valence-electron chi connectivity index (χ3n) is 3.31. The van der Waals surface area contributed by atoms with Crippen LogP contribution in [-0.2, 0) is 4.79 Å². The molecule has 0 spiro atoms. The van der Waals surface area contributed by atoms with Gasteiger partial charge in [0, 0.05) is 17.4 Å². The van der Waals surface area contributed by atoms with Crippen LogP contribution in [0, 0.1) is 0 Å². The smallest absolute Gasteiger partial charge is 0.256 e. The van der Waals surface area contributed by atoms with E-state index in [4.69, 9.17) is 0 Å². The molecule has 18 heavy (non-hydrogen) atoms. The number of rotatable bonds is 0. The van der Waals surface area contributed by atoms with Crippen molar-refractivity contribution in [2.45, 2.75) is 18.6 Å². The Bertz CT molecular complexity index is 546. The van der Waals surface area contributed by atoms with Gasteiger partial charge in [-0.2, -0.15) is 0 Å². The predicted molar refractivity (Wildman–Crippen MR) is 68.2 cm³/mol. The average Bonchev–Trinajstić information content (AvgIpc) is 2.69. The molecule has 1 fully saturated rings. The van der Waals surface area contributed by atoms with Gasteiger partial charge in [0.05, 0.1) is 17.4 Å². The summed E-state index contributed by atoms with van der Waals surface area (Å²) in [5.74, 6) is -0.452. The molecular formula is C12H11BrN2O3. The van der Waals surface area contributed by atoms with Crippen LogP contribution in [0.4, 0.5) is 5.69 Å². The Morgan fingerprint density at radius 3 is 2.94 bits per heavy atom. The van der Waals surface area contributed by atoms with Crippen molar-refractivity contribution >= 4 is 33.4 Å². The molecule has 2 heterocycles. The normalized spacial score (nSPS) is 26.4. The first kappa shape index (κ1) is 11.7. The van der Waals surface area contributed by atoms with Gasteiger partial charge in [-0.05, 0) is 18.2 Å². The van der Waals surface area contributed by atoms with E-state index in [9.17, 15) is 14.7 Å². The molecule has 94 valence electrons. The summed E-state index contributed by atoms with van der Waals surface area (Å²) in [6, 6.07) is 4.59. The van der Waals surface area contributed by atoms with E-state index in [-0.39, 0.29) is 18.4 Å². The monoisotopic (exact) mass is 310 g/mol. The van der Waals surface area contributed by atoms with Gasteiger partial charge in [0.1, 0.15) is 6.04 Å². The lowest BCUT2D eigenvalue weighted by atomic mass is 10.1. The molecule has 1 aromatic rings. The maximum Gasteiger partial charge on any atom is 0.256 e. The quantitative estimate of drug-likeness (QED) is 0.750. The van der Waals surface area contributed by atoms with Crippen molar-refractivity contribution < 1.29 is 14.7 Å². The van der Waals surface area contributed by atoms with E-state index in [2.05, 4.69) is 21.2 Å². The Balaban J connectivity index is 2.09. The van der Waals surface area contributed by atoms with Crippen LogP contribution >= 0.6 is 15.9 Å². The van der Waals surface area contributed by atoms with E-state index in [1.54, 1.807) is 18.2 Å². The van der Waals surface area contributed by atoms with Gasteiger partial charge in [-0.15, -0.1) is 0 Å². The van der Waals surface area contributed by atoms with Crippen LogP contribution in [0.25, 0.3) is 0 Å². The van der Waals surface area contributed by atoms with Crippen molar-refractivity contribution in [1.82, 2.24) is 4.90 Å². The van der Waals surface area contributed by atoms with Gasteiger partial charge in [-0.3, -0.25) is 9.59 Å². The molecule has 2 atom stereocenters. The molecule has 2 unspecified atom stereocenters. The van der Waals surface area contributed by atoms with E-state index in [0.29, 0.717) is 17.7 Å². The highest BCUT2D eigenvalue weighted by molar-refractivity contribution is 9.10. The summed E-state index contributed by atoms with van der Waals surface area (Å²) in [5.41, 5.74) is 0.978. The zero-order valence-electron chi connectivity index (χ0n) is 9.39. The van der Waals surface area contributed by atoms with Crippen molar-refractivity contribution in [3.8, 4) is 0 Å². The number of anilines is 1. The van der Waals surface area contributed by atoms with Gasteiger partial charge in [-0.1, -0.05) is 15.9 Å². The summed E-state index contributed by atoms with van der Waals surface area (Å²) in [6.45, 7) is 0.211. The Labute approximate surface area is 112 Å². The number of halogens is 1. The summed E-state index contributed by atoms with van der Waals surface area (Å²) < 4.78 is 0.780. The number of fused-ring (bicyclic) bond motifs is 2. The molecule has 2 amide bonds. The first-order chi connectivity index (χ1) is 8.56. The number of carbonyl (C=O) groups is 2. The van der Waals surface area contributed by atoms with E-state index in [1.165, 1.54) is 4.90 Å². The van der Waals surface area contributed by atoms with Crippen LogP contribution < -0.4 is 5.32 Å². The maximum atomic E-state index is 12.4. The van der Waals surface area contributed by atoms with Gasteiger partial charge in [-0.25, -0.2) is 0 Å². The van der Waals surface area contributed by atoms with Crippen molar-refractivity contribution in [1.29, 1.82) is 0 Å². The Hall–Kier alpha value is -1.40. The Morgan fingerprint density at radius 2 is 2.17 bits per heavy atom. The summed E-state index contributed by atoms with van der Waals surface area (Å²) in [7, 11) is 0. The lowest BCUT2D eigenvalue weighted by Crippen LogP contribution is -2.40. The first-order valence-electron chi connectivity index (χ1n) is 5.65. The number of hydrogen-bond acceptors (Lipinski definition) is 3. The van der Waals surface area contributed by atoms with E-state index >= 15 is 0 Å². The molecule has 1 saturated heterocycles. The molecule has 0 aromatic heterocycles. The second kappa shape index (κ2) is 4.07. The third kappa shape index (κ3) is 1.72. The molecule has 2 N–H and O–H groups in total. The molecule has 6 heteroatoms. The van der Waals surface area contributed by atoms with Gasteiger partial charge < -0.3 is 15.3 Å². The molecular weight excluding hydrogens is 300 g/mol. The first-order valence-corrected chi connectivity index (χ1v) is 6.45. The van der Waals surface area contributed by atoms with Gasteiger partial charge in [0.2, 0.25) is 5.91 Å². The molecule has 0 radical (unpaired) electrons. The predicted octanol–water partition coefficient (Wildman–Crippen LogP) is 0.977. The molecule has 5 nitrogen and oxygen atoms in total. The number of nitrogens with one attached hydrogen (secondary N) is 1. The molecule has 0 saturated carbocycles. The highest BCUT2D eigenvalue weighted by Crippen LogP contribution is 2.30. The number of aliphatic hydroxyl groups excluding tert-OH is 1. The minimum Gasteiger partial charge on any atom is -0.391 e. The van der Waals surface area contributed by atoms with Crippen LogP contribution in [0.2, 0.25) is 0 Å². The molecule has 0 aliphatic carbocycles. The zero-order chi connectivity index (χ0) is 12.9. The minimum absolute atomic E-state index is 0.211. The highest BCUT2D eigenvalue weighted by atomic mass is 79.9. The van der Waals surface area contributed by atoms with Crippen molar-refractivity contribution in [3.05, 3.63) is 28.2 Å². The number of benzene rings is 1. The fraction of sp³-hybridized carbons (Fsp3) is 0.333. The summed E-state index contributed by atoms with van der Waals surface area (Å²) in [4.78, 5) is 25.8. The van der Waals surface area contributed by atoms with Gasteiger partial charge >= 0.3 is 0 Å². The third-order valence-corrected chi connectivity index (χ3v) is 3.81. The SMILES string of the molecule is O=C1Nc2ccc(Br)cc2C(=O)N2CC(O)CC12. The maximum absolute atomic E-state index is 12.4. The van der Waals surface area contributed by atoms with Gasteiger partial charge in [0.15, 0.2) is 0 Å². The van der Waals surface area contributed by atoms with E-state index < -0.39 is 12.1 Å². The molecule has 3 rings (SSSR count).